The Morgan fingerprint density at radius 3 is 2.81 bits per heavy atom. The van der Waals surface area contributed by atoms with E-state index >= 15 is 0 Å². The Morgan fingerprint density at radius 2 is 2.24 bits per heavy atom. The molecule has 1 aliphatic heterocycles. The first-order chi connectivity index (χ1) is 10.1. The van der Waals surface area contributed by atoms with Gasteiger partial charge in [-0.05, 0) is 36.7 Å². The summed E-state index contributed by atoms with van der Waals surface area (Å²) in [5, 5.41) is 6.72. The minimum absolute atomic E-state index is 0.523. The molecule has 2 N–H and O–H groups in total. The average Bonchev–Trinajstić information content (AvgIpc) is 2.49. The van der Waals surface area contributed by atoms with Gasteiger partial charge in [-0.2, -0.15) is 0 Å². The number of nitrogens with zero attached hydrogens (tertiary/aromatic N) is 2. The van der Waals surface area contributed by atoms with Crippen LogP contribution in [0.4, 0.5) is 0 Å². The van der Waals surface area contributed by atoms with Gasteiger partial charge in [0.05, 0.1) is 0 Å². The lowest BCUT2D eigenvalue weighted by Crippen LogP contribution is -2.52. The second-order valence-corrected chi connectivity index (χ2v) is 5.08. The molecule has 0 aromatic rings. The molecule has 114 valence electrons. The predicted molar refractivity (Wildman–Crippen MR) is 95.3 cm³/mol. The molecule has 0 aliphatic carbocycles. The molecular weight excluding hydrogens is 280 g/mol. The van der Waals surface area contributed by atoms with Crippen LogP contribution in [0.15, 0.2) is 53.6 Å². The zero-order valence-electron chi connectivity index (χ0n) is 12.9. The highest BCUT2D eigenvalue weighted by atomic mass is 32.1. The Balaban J connectivity index is 2.78. The van der Waals surface area contributed by atoms with E-state index in [0.717, 1.165) is 31.0 Å². The van der Waals surface area contributed by atoms with Crippen molar-refractivity contribution in [2.75, 3.05) is 19.8 Å². The molecule has 4 nitrogen and oxygen atoms in total. The van der Waals surface area contributed by atoms with Crippen molar-refractivity contribution in [3.63, 3.8) is 0 Å². The predicted octanol–water partition coefficient (Wildman–Crippen LogP) is 2.73. The van der Waals surface area contributed by atoms with E-state index in [9.17, 15) is 0 Å². The van der Waals surface area contributed by atoms with Gasteiger partial charge >= 0.3 is 0 Å². The molecule has 0 spiro atoms. The van der Waals surface area contributed by atoms with Crippen LogP contribution in [0.25, 0.3) is 0 Å². The molecule has 0 saturated carbocycles. The average molecular weight is 304 g/mol. The van der Waals surface area contributed by atoms with Crippen LogP contribution in [0.2, 0.25) is 0 Å². The van der Waals surface area contributed by atoms with Gasteiger partial charge in [0.2, 0.25) is 5.96 Å². The van der Waals surface area contributed by atoms with Gasteiger partial charge in [0.25, 0.3) is 0 Å². The van der Waals surface area contributed by atoms with E-state index < -0.39 is 0 Å². The Labute approximate surface area is 133 Å². The summed E-state index contributed by atoms with van der Waals surface area (Å²) in [6, 6.07) is 0. The number of aliphatic imine (C=N–C) groups is 1. The van der Waals surface area contributed by atoms with Crippen LogP contribution in [0, 0.1) is 0 Å². The smallest absolute Gasteiger partial charge is 0.202 e. The maximum absolute atomic E-state index is 5.15. The van der Waals surface area contributed by atoms with Gasteiger partial charge in [-0.15, -0.1) is 0 Å². The van der Waals surface area contributed by atoms with Gasteiger partial charge in [0.15, 0.2) is 5.11 Å². The van der Waals surface area contributed by atoms with Gasteiger partial charge in [0.1, 0.15) is 6.67 Å². The Morgan fingerprint density at radius 1 is 1.48 bits per heavy atom. The molecule has 0 aromatic carbocycles. The summed E-state index contributed by atoms with van der Waals surface area (Å²) in [5.74, 6) is 0.830. The zero-order chi connectivity index (χ0) is 15.7. The largest absolute Gasteiger partial charge is 0.343 e. The first-order valence-corrected chi connectivity index (χ1v) is 7.50. The summed E-state index contributed by atoms with van der Waals surface area (Å²) in [4.78, 5) is 6.64. The molecule has 21 heavy (non-hydrogen) atoms. The van der Waals surface area contributed by atoms with E-state index in [4.69, 9.17) is 12.2 Å². The van der Waals surface area contributed by atoms with Crippen LogP contribution in [-0.2, 0) is 0 Å². The van der Waals surface area contributed by atoms with E-state index in [0.29, 0.717) is 11.8 Å². The first kappa shape index (κ1) is 17.2. The van der Waals surface area contributed by atoms with Crippen molar-refractivity contribution in [1.82, 2.24) is 15.5 Å². The van der Waals surface area contributed by atoms with E-state index in [-0.39, 0.29) is 0 Å². The normalized spacial score (nSPS) is 15.2. The molecule has 0 radical (unpaired) electrons. The van der Waals surface area contributed by atoms with Gasteiger partial charge in [-0.25, -0.2) is 4.99 Å². The van der Waals surface area contributed by atoms with Crippen molar-refractivity contribution in [2.24, 2.45) is 4.99 Å². The van der Waals surface area contributed by atoms with Crippen LogP contribution in [0.3, 0.4) is 0 Å². The van der Waals surface area contributed by atoms with Crippen molar-refractivity contribution in [1.29, 1.82) is 0 Å². The standard InChI is InChI=1S/C16H24N4S/c1-5-10-20(15-17-12-18-16(21)19-15)11-14(7-3)9-8-13(4)6-2/h6-9H,2,4-5,10-12H2,1,3H3,(H2,17,18,19,21)/b9-8-,14-7+. The van der Waals surface area contributed by atoms with Crippen LogP contribution in [-0.4, -0.2) is 35.7 Å². The third kappa shape index (κ3) is 5.95. The number of rotatable bonds is 7. The zero-order valence-corrected chi connectivity index (χ0v) is 13.7. The lowest BCUT2D eigenvalue weighted by molar-refractivity contribution is 0.437. The Kier molecular flexibility index (Phi) is 7.46. The molecule has 1 aliphatic rings. The third-order valence-electron chi connectivity index (χ3n) is 3.00. The van der Waals surface area contributed by atoms with Crippen molar-refractivity contribution in [2.45, 2.75) is 20.3 Å². The van der Waals surface area contributed by atoms with Gasteiger partial charge in [0, 0.05) is 13.1 Å². The quantitative estimate of drug-likeness (QED) is 0.560. The van der Waals surface area contributed by atoms with E-state index in [2.05, 4.69) is 52.8 Å². The van der Waals surface area contributed by atoms with E-state index in [1.165, 1.54) is 5.57 Å². The lowest BCUT2D eigenvalue weighted by atomic mass is 10.1. The summed E-state index contributed by atoms with van der Waals surface area (Å²) in [5.41, 5.74) is 2.09. The molecule has 0 saturated heterocycles. The third-order valence-corrected chi connectivity index (χ3v) is 3.25. The molecule has 0 unspecified atom stereocenters. The summed E-state index contributed by atoms with van der Waals surface area (Å²) in [7, 11) is 0. The van der Waals surface area contributed by atoms with Crippen LogP contribution >= 0.6 is 12.2 Å². The monoisotopic (exact) mass is 304 g/mol. The molecule has 0 aromatic heterocycles. The second kappa shape index (κ2) is 9.13. The Bertz CT molecular complexity index is 489. The molecule has 0 bridgehead atoms. The van der Waals surface area contributed by atoms with Crippen LogP contribution < -0.4 is 10.6 Å². The number of hydrogen-bond acceptors (Lipinski definition) is 3. The summed E-state index contributed by atoms with van der Waals surface area (Å²) in [6.45, 7) is 14.0. The lowest BCUT2D eigenvalue weighted by Gasteiger charge is -2.29. The highest BCUT2D eigenvalue weighted by Gasteiger charge is 2.15. The van der Waals surface area contributed by atoms with E-state index in [1.54, 1.807) is 6.08 Å². The van der Waals surface area contributed by atoms with Crippen molar-refractivity contribution >= 4 is 23.3 Å². The first-order valence-electron chi connectivity index (χ1n) is 7.09. The molecule has 5 heteroatoms. The summed E-state index contributed by atoms with van der Waals surface area (Å²) in [6.07, 6.45) is 8.91. The molecular formula is C16H24N4S. The fourth-order valence-corrected chi connectivity index (χ4v) is 1.98. The minimum Gasteiger partial charge on any atom is -0.343 e. The summed E-state index contributed by atoms with van der Waals surface area (Å²) >= 11 is 5.15. The SMILES string of the molecule is C=CC(=C)/C=C\C(=C/C)CN(CCC)C1=NCNC(=S)N1. The number of thiocarbonyl (C=S) groups is 1. The molecule has 0 fully saturated rings. The van der Waals surface area contributed by atoms with Crippen molar-refractivity contribution in [3.05, 3.63) is 48.6 Å². The van der Waals surface area contributed by atoms with Crippen molar-refractivity contribution in [3.8, 4) is 0 Å². The number of allylic oxidation sites excluding steroid dienone is 4. The minimum atomic E-state index is 0.523. The number of guanidine groups is 1. The van der Waals surface area contributed by atoms with E-state index in [1.807, 2.05) is 13.0 Å². The molecule has 1 rings (SSSR count). The topological polar surface area (TPSA) is 39.7 Å². The van der Waals surface area contributed by atoms with Crippen LogP contribution in [0.1, 0.15) is 20.3 Å². The maximum atomic E-state index is 5.15. The second-order valence-electron chi connectivity index (χ2n) is 4.67. The van der Waals surface area contributed by atoms with Gasteiger partial charge in [-0.3, -0.25) is 0 Å². The molecule has 0 amide bonds. The highest BCUT2D eigenvalue weighted by molar-refractivity contribution is 7.80. The fraction of sp³-hybridized carbons (Fsp3) is 0.375. The molecule has 1 heterocycles. The highest BCUT2D eigenvalue weighted by Crippen LogP contribution is 2.06. The number of hydrogen-bond donors (Lipinski definition) is 2. The number of nitrogens with one attached hydrogen (secondary N) is 2. The summed E-state index contributed by atoms with van der Waals surface area (Å²) < 4.78 is 0. The Hall–Kier alpha value is -1.88. The van der Waals surface area contributed by atoms with Gasteiger partial charge < -0.3 is 15.5 Å². The van der Waals surface area contributed by atoms with Crippen LogP contribution in [0.5, 0.6) is 0 Å². The van der Waals surface area contributed by atoms with Gasteiger partial charge in [-0.1, -0.05) is 44.4 Å². The maximum Gasteiger partial charge on any atom is 0.202 e. The molecule has 0 atom stereocenters. The van der Waals surface area contributed by atoms with Crippen molar-refractivity contribution < 1.29 is 0 Å². The fourth-order valence-electron chi connectivity index (χ4n) is 1.82.